The molecule has 3 aromatic rings. The standard InChI is InChI=1S/C17H16N4O3/c1-10-14-7-13(8-18-17(14)24-20-10)19-16(23)11-4-5-15(21(2)3)12(6-11)9-22/h4-9H,1-3H3,(H,19,23). The molecular weight excluding hydrogens is 308 g/mol. The predicted octanol–water partition coefficient (Wildman–Crippen LogP) is 2.66. The van der Waals surface area contributed by atoms with Gasteiger partial charge in [-0.3, -0.25) is 9.59 Å². The maximum absolute atomic E-state index is 12.4. The van der Waals surface area contributed by atoms with Crippen molar-refractivity contribution >= 4 is 34.7 Å². The van der Waals surface area contributed by atoms with E-state index in [0.29, 0.717) is 28.2 Å². The number of aryl methyl sites for hydroxylation is 1. The number of amides is 1. The number of carbonyl (C=O) groups is 2. The Bertz CT molecular complexity index is 931. The topological polar surface area (TPSA) is 88.3 Å². The third-order valence-electron chi connectivity index (χ3n) is 3.67. The van der Waals surface area contributed by atoms with Gasteiger partial charge in [-0.05, 0) is 31.2 Å². The van der Waals surface area contributed by atoms with Crippen LogP contribution < -0.4 is 10.2 Å². The Morgan fingerprint density at radius 2 is 2.08 bits per heavy atom. The van der Waals surface area contributed by atoms with Gasteiger partial charge in [0.1, 0.15) is 0 Å². The van der Waals surface area contributed by atoms with E-state index in [0.717, 1.165) is 17.4 Å². The Morgan fingerprint density at radius 3 is 2.79 bits per heavy atom. The largest absolute Gasteiger partial charge is 0.377 e. The number of aromatic nitrogens is 2. The molecule has 0 saturated heterocycles. The molecule has 0 unspecified atom stereocenters. The second kappa shape index (κ2) is 6.11. The number of rotatable bonds is 4. The Balaban J connectivity index is 1.88. The van der Waals surface area contributed by atoms with Gasteiger partial charge in [0.2, 0.25) is 0 Å². The smallest absolute Gasteiger partial charge is 0.258 e. The molecule has 2 heterocycles. The lowest BCUT2D eigenvalue weighted by molar-refractivity contribution is 0.102. The van der Waals surface area contributed by atoms with E-state index in [4.69, 9.17) is 4.52 Å². The Hall–Kier alpha value is -3.22. The number of fused-ring (bicyclic) bond motifs is 1. The van der Waals surface area contributed by atoms with Crippen molar-refractivity contribution in [3.05, 3.63) is 47.3 Å². The summed E-state index contributed by atoms with van der Waals surface area (Å²) in [4.78, 5) is 29.6. The monoisotopic (exact) mass is 324 g/mol. The van der Waals surface area contributed by atoms with Gasteiger partial charge in [-0.15, -0.1) is 0 Å². The number of benzene rings is 1. The van der Waals surface area contributed by atoms with Crippen molar-refractivity contribution in [3.8, 4) is 0 Å². The first-order valence-electron chi connectivity index (χ1n) is 7.29. The third kappa shape index (κ3) is 2.83. The van der Waals surface area contributed by atoms with Crippen molar-refractivity contribution in [2.24, 2.45) is 0 Å². The van der Waals surface area contributed by atoms with Crippen LogP contribution in [0.2, 0.25) is 0 Å². The first-order chi connectivity index (χ1) is 11.5. The van der Waals surface area contributed by atoms with E-state index >= 15 is 0 Å². The molecule has 2 aromatic heterocycles. The van der Waals surface area contributed by atoms with Crippen LogP contribution in [0.5, 0.6) is 0 Å². The normalized spacial score (nSPS) is 10.6. The van der Waals surface area contributed by atoms with Crippen LogP contribution in [0.3, 0.4) is 0 Å². The average molecular weight is 324 g/mol. The third-order valence-corrected chi connectivity index (χ3v) is 3.67. The summed E-state index contributed by atoms with van der Waals surface area (Å²) in [6.07, 6.45) is 2.24. The molecule has 122 valence electrons. The summed E-state index contributed by atoms with van der Waals surface area (Å²) in [6, 6.07) is 6.73. The fourth-order valence-corrected chi connectivity index (χ4v) is 2.41. The van der Waals surface area contributed by atoms with Crippen molar-refractivity contribution in [2.45, 2.75) is 6.92 Å². The van der Waals surface area contributed by atoms with Gasteiger partial charge in [0.05, 0.1) is 23.0 Å². The Kier molecular flexibility index (Phi) is 3.99. The van der Waals surface area contributed by atoms with E-state index in [1.165, 1.54) is 6.20 Å². The van der Waals surface area contributed by atoms with Crippen LogP contribution in [-0.2, 0) is 0 Å². The van der Waals surface area contributed by atoms with Crippen molar-refractivity contribution in [1.82, 2.24) is 10.1 Å². The lowest BCUT2D eigenvalue weighted by Crippen LogP contribution is -2.15. The van der Waals surface area contributed by atoms with E-state index in [2.05, 4.69) is 15.5 Å². The quantitative estimate of drug-likeness (QED) is 0.742. The summed E-state index contributed by atoms with van der Waals surface area (Å²) < 4.78 is 5.04. The number of aldehydes is 1. The minimum Gasteiger partial charge on any atom is -0.377 e. The number of pyridine rings is 1. The van der Waals surface area contributed by atoms with E-state index in [-0.39, 0.29) is 5.91 Å². The maximum Gasteiger partial charge on any atom is 0.258 e. The number of anilines is 2. The van der Waals surface area contributed by atoms with Gasteiger partial charge in [0, 0.05) is 30.9 Å². The summed E-state index contributed by atoms with van der Waals surface area (Å²) in [5.74, 6) is -0.321. The minimum absolute atomic E-state index is 0.321. The predicted molar refractivity (Wildman–Crippen MR) is 90.7 cm³/mol. The Labute approximate surface area is 138 Å². The fraction of sp³-hybridized carbons (Fsp3) is 0.176. The Morgan fingerprint density at radius 1 is 1.29 bits per heavy atom. The molecular formula is C17H16N4O3. The molecule has 0 saturated carbocycles. The van der Waals surface area contributed by atoms with Crippen LogP contribution in [-0.4, -0.2) is 36.4 Å². The lowest BCUT2D eigenvalue weighted by Gasteiger charge is -2.15. The molecule has 0 fully saturated rings. The van der Waals surface area contributed by atoms with Gasteiger partial charge in [-0.25, -0.2) is 4.98 Å². The van der Waals surface area contributed by atoms with E-state index in [1.54, 1.807) is 31.2 Å². The van der Waals surface area contributed by atoms with Crippen LogP contribution in [0.15, 0.2) is 35.0 Å². The molecule has 3 rings (SSSR count). The van der Waals surface area contributed by atoms with Gasteiger partial charge < -0.3 is 14.7 Å². The van der Waals surface area contributed by atoms with E-state index in [9.17, 15) is 9.59 Å². The van der Waals surface area contributed by atoms with Crippen LogP contribution in [0.25, 0.3) is 11.1 Å². The molecule has 24 heavy (non-hydrogen) atoms. The highest BCUT2D eigenvalue weighted by Gasteiger charge is 2.12. The second-order valence-corrected chi connectivity index (χ2v) is 5.58. The van der Waals surface area contributed by atoms with Crippen molar-refractivity contribution in [1.29, 1.82) is 0 Å². The zero-order valence-corrected chi connectivity index (χ0v) is 13.5. The van der Waals surface area contributed by atoms with E-state index in [1.807, 2.05) is 19.0 Å². The zero-order chi connectivity index (χ0) is 17.3. The van der Waals surface area contributed by atoms with Crippen molar-refractivity contribution in [2.75, 3.05) is 24.3 Å². The molecule has 0 aliphatic rings. The number of nitrogens with one attached hydrogen (secondary N) is 1. The number of hydrogen-bond donors (Lipinski definition) is 1. The highest BCUT2D eigenvalue weighted by atomic mass is 16.5. The molecule has 7 nitrogen and oxygen atoms in total. The molecule has 1 N–H and O–H groups in total. The highest BCUT2D eigenvalue weighted by Crippen LogP contribution is 2.22. The van der Waals surface area contributed by atoms with Gasteiger partial charge in [-0.1, -0.05) is 5.16 Å². The molecule has 1 amide bonds. The van der Waals surface area contributed by atoms with Crippen LogP contribution in [0.4, 0.5) is 11.4 Å². The van der Waals surface area contributed by atoms with Gasteiger partial charge >= 0.3 is 0 Å². The maximum atomic E-state index is 12.4. The molecule has 7 heteroatoms. The van der Waals surface area contributed by atoms with Gasteiger partial charge in [-0.2, -0.15) is 0 Å². The summed E-state index contributed by atoms with van der Waals surface area (Å²) in [5.41, 5.74) is 3.25. The molecule has 0 bridgehead atoms. The SMILES string of the molecule is Cc1noc2ncc(NC(=O)c3ccc(N(C)C)c(C=O)c3)cc12. The van der Waals surface area contributed by atoms with Gasteiger partial charge in [0.15, 0.2) is 6.29 Å². The van der Waals surface area contributed by atoms with Crippen LogP contribution in [0, 0.1) is 6.92 Å². The number of nitrogens with zero attached hydrogens (tertiary/aromatic N) is 3. The number of carbonyl (C=O) groups excluding carboxylic acids is 2. The molecule has 0 aliphatic carbocycles. The van der Waals surface area contributed by atoms with Crippen molar-refractivity contribution in [3.63, 3.8) is 0 Å². The fourth-order valence-electron chi connectivity index (χ4n) is 2.41. The van der Waals surface area contributed by atoms with Crippen LogP contribution >= 0.6 is 0 Å². The summed E-state index contributed by atoms with van der Waals surface area (Å²) in [6.45, 7) is 1.80. The van der Waals surface area contributed by atoms with Crippen molar-refractivity contribution < 1.29 is 14.1 Å². The molecule has 0 radical (unpaired) electrons. The average Bonchev–Trinajstić information content (AvgIpc) is 2.95. The number of hydrogen-bond acceptors (Lipinski definition) is 6. The molecule has 0 aliphatic heterocycles. The first kappa shape index (κ1) is 15.7. The summed E-state index contributed by atoms with van der Waals surface area (Å²) in [5, 5.41) is 7.34. The highest BCUT2D eigenvalue weighted by molar-refractivity contribution is 6.06. The summed E-state index contributed by atoms with van der Waals surface area (Å²) in [7, 11) is 3.68. The van der Waals surface area contributed by atoms with Gasteiger partial charge in [0.25, 0.3) is 11.6 Å². The van der Waals surface area contributed by atoms with Crippen LogP contribution in [0.1, 0.15) is 26.4 Å². The van der Waals surface area contributed by atoms with E-state index < -0.39 is 0 Å². The minimum atomic E-state index is -0.321. The first-order valence-corrected chi connectivity index (χ1v) is 7.29. The summed E-state index contributed by atoms with van der Waals surface area (Å²) >= 11 is 0. The zero-order valence-electron chi connectivity index (χ0n) is 13.5. The molecule has 0 spiro atoms. The lowest BCUT2D eigenvalue weighted by atomic mass is 10.1. The molecule has 1 aromatic carbocycles. The molecule has 0 atom stereocenters. The second-order valence-electron chi connectivity index (χ2n) is 5.58.